The molecule has 2 fully saturated rings. The molecule has 11 nitrogen and oxygen atoms in total. The van der Waals surface area contributed by atoms with E-state index in [1.165, 1.54) is 13.1 Å². The van der Waals surface area contributed by atoms with E-state index in [1.807, 2.05) is 42.5 Å². The summed E-state index contributed by atoms with van der Waals surface area (Å²) in [6, 6.07) is 19.0. The number of anilines is 2. The third-order valence-corrected chi connectivity index (χ3v) is 10.0. The number of hydrazine groups is 1. The van der Waals surface area contributed by atoms with Gasteiger partial charge in [0.15, 0.2) is 5.82 Å². The number of benzene rings is 3. The van der Waals surface area contributed by atoms with E-state index in [0.29, 0.717) is 26.8 Å². The van der Waals surface area contributed by atoms with Crippen LogP contribution < -0.4 is 14.1 Å². The lowest BCUT2D eigenvalue weighted by atomic mass is 9.99. The van der Waals surface area contributed by atoms with Gasteiger partial charge in [-0.2, -0.15) is 4.41 Å². The highest BCUT2D eigenvalue weighted by atomic mass is 32.2. The zero-order valence-corrected chi connectivity index (χ0v) is 28.9. The second-order valence-corrected chi connectivity index (χ2v) is 13.6. The summed E-state index contributed by atoms with van der Waals surface area (Å²) in [5.74, 6) is -3.29. The number of hydrogen-bond donors (Lipinski definition) is 2. The summed E-state index contributed by atoms with van der Waals surface area (Å²) in [7, 11) is 0. The number of carbonyl (C=O) groups is 2. The minimum atomic E-state index is -2.81. The first-order valence-electron chi connectivity index (χ1n) is 16.7. The third kappa shape index (κ3) is 7.30. The van der Waals surface area contributed by atoms with Crippen LogP contribution in [-0.4, -0.2) is 85.8 Å². The van der Waals surface area contributed by atoms with Crippen molar-refractivity contribution in [1.29, 1.82) is 0 Å². The lowest BCUT2D eigenvalue weighted by Gasteiger charge is -2.36. The first-order valence-corrected chi connectivity index (χ1v) is 17.8. The van der Waals surface area contributed by atoms with Gasteiger partial charge in [0.2, 0.25) is 5.78 Å². The maximum absolute atomic E-state index is 15.9. The molecule has 2 saturated heterocycles. The lowest BCUT2D eigenvalue weighted by Crippen LogP contribution is -2.45. The van der Waals surface area contributed by atoms with Gasteiger partial charge in [-0.25, -0.2) is 27.4 Å². The van der Waals surface area contributed by atoms with Crippen LogP contribution in [0.2, 0.25) is 0 Å². The molecule has 0 saturated carbocycles. The van der Waals surface area contributed by atoms with Gasteiger partial charge in [-0.05, 0) is 60.0 Å². The fourth-order valence-corrected chi connectivity index (χ4v) is 7.40. The maximum atomic E-state index is 15.9. The molecule has 0 amide bonds. The summed E-state index contributed by atoms with van der Waals surface area (Å²) in [5.41, 5.74) is 2.49. The van der Waals surface area contributed by atoms with Crippen LogP contribution in [0.3, 0.4) is 0 Å². The van der Waals surface area contributed by atoms with Gasteiger partial charge in [0.25, 0.3) is 11.3 Å². The average molecular weight is 733 g/mol. The number of aromatic amines is 1. The Morgan fingerprint density at radius 3 is 2.48 bits per heavy atom. The molecule has 1 unspecified atom stereocenters. The minimum Gasteiger partial charge on any atom is -0.427 e. The summed E-state index contributed by atoms with van der Waals surface area (Å²) >= 11 is -2.81. The Hall–Kier alpha value is -5.09. The molecule has 0 spiro atoms. The number of nitrogens with one attached hydrogen (secondary N) is 1. The van der Waals surface area contributed by atoms with Crippen LogP contribution in [-0.2, 0) is 22.6 Å². The number of ether oxygens (including phenoxy) is 1. The smallest absolute Gasteiger partial charge is 0.308 e. The van der Waals surface area contributed by atoms with Crippen LogP contribution in [0.4, 0.5) is 24.5 Å². The van der Waals surface area contributed by atoms with E-state index in [9.17, 15) is 22.7 Å². The highest BCUT2D eigenvalue weighted by Crippen LogP contribution is 2.33. The van der Waals surface area contributed by atoms with Crippen molar-refractivity contribution in [2.24, 2.45) is 0 Å². The number of hydrogen-bond acceptors (Lipinski definition) is 8. The Morgan fingerprint density at radius 2 is 1.79 bits per heavy atom. The van der Waals surface area contributed by atoms with Crippen molar-refractivity contribution < 1.29 is 36.3 Å². The lowest BCUT2D eigenvalue weighted by molar-refractivity contribution is -0.131. The molecule has 2 aromatic heterocycles. The van der Waals surface area contributed by atoms with E-state index < -0.39 is 46.1 Å². The van der Waals surface area contributed by atoms with Crippen molar-refractivity contribution in [3.8, 4) is 16.9 Å². The molecule has 2 N–H and O–H groups in total. The highest BCUT2D eigenvalue weighted by Gasteiger charge is 2.34. The van der Waals surface area contributed by atoms with E-state index in [4.69, 9.17) is 4.74 Å². The number of fused-ring (bicyclic) bond motifs is 1. The summed E-state index contributed by atoms with van der Waals surface area (Å²) in [6.07, 6.45) is 1.75. The Labute approximate surface area is 300 Å². The van der Waals surface area contributed by atoms with Gasteiger partial charge in [-0.15, -0.1) is 0 Å². The van der Waals surface area contributed by atoms with Crippen LogP contribution >= 0.6 is 0 Å². The predicted molar refractivity (Wildman–Crippen MR) is 191 cm³/mol. The van der Waals surface area contributed by atoms with Gasteiger partial charge in [0, 0.05) is 80.8 Å². The van der Waals surface area contributed by atoms with Crippen molar-refractivity contribution in [2.45, 2.75) is 26.1 Å². The quantitative estimate of drug-likeness (QED) is 0.0784. The Kier molecular flexibility index (Phi) is 10.1. The van der Waals surface area contributed by atoms with E-state index >= 15 is 8.78 Å². The summed E-state index contributed by atoms with van der Waals surface area (Å²) in [4.78, 5) is 37.0. The van der Waals surface area contributed by atoms with Gasteiger partial charge >= 0.3 is 5.97 Å². The molecule has 5 aromatic rings. The van der Waals surface area contributed by atoms with E-state index in [1.54, 1.807) is 18.3 Å². The minimum absolute atomic E-state index is 0.0337. The predicted octanol–water partition coefficient (Wildman–Crippen LogP) is 5.89. The molecule has 2 atom stereocenters. The number of pyridine rings is 1. The number of carbonyl (C=O) groups excluding carboxylic acids is 2. The van der Waals surface area contributed by atoms with Crippen LogP contribution in [0, 0.1) is 11.6 Å². The SMILES string of the molecule is CC(=O)Oc1cccc(CN2CCN(c3ccc(-c4cnc5[nH]cc(C(=O)c6c(F)ccc(N(N7CC[C@@H](F)C7)S(=O)O)c6F)c5c4)cc3)CC2)c1. The fourth-order valence-electron chi connectivity index (χ4n) is 6.74. The summed E-state index contributed by atoms with van der Waals surface area (Å²) in [5, 5.41) is 1.50. The molecule has 2 aliphatic heterocycles. The largest absolute Gasteiger partial charge is 0.427 e. The topological polar surface area (TPSA) is 122 Å². The highest BCUT2D eigenvalue weighted by molar-refractivity contribution is 7.80. The molecule has 4 heterocycles. The monoisotopic (exact) mass is 732 g/mol. The van der Waals surface area contributed by atoms with Gasteiger partial charge in [-0.1, -0.05) is 24.3 Å². The van der Waals surface area contributed by atoms with Gasteiger partial charge < -0.3 is 14.6 Å². The van der Waals surface area contributed by atoms with E-state index in [2.05, 4.69) is 19.8 Å². The van der Waals surface area contributed by atoms with Crippen molar-refractivity contribution in [2.75, 3.05) is 48.6 Å². The van der Waals surface area contributed by atoms with Crippen LogP contribution in [0.25, 0.3) is 22.2 Å². The molecule has 0 aliphatic carbocycles. The first kappa shape index (κ1) is 35.3. The fraction of sp³-hybridized carbons (Fsp3) is 0.270. The van der Waals surface area contributed by atoms with E-state index in [-0.39, 0.29) is 31.0 Å². The summed E-state index contributed by atoms with van der Waals surface area (Å²) < 4.78 is 73.0. The number of alkyl halides is 1. The number of halogens is 3. The van der Waals surface area contributed by atoms with Crippen molar-refractivity contribution in [1.82, 2.24) is 19.9 Å². The zero-order valence-electron chi connectivity index (χ0n) is 28.1. The van der Waals surface area contributed by atoms with E-state index in [0.717, 1.165) is 66.7 Å². The number of esters is 1. The van der Waals surface area contributed by atoms with Crippen LogP contribution in [0.5, 0.6) is 5.75 Å². The molecule has 52 heavy (non-hydrogen) atoms. The summed E-state index contributed by atoms with van der Waals surface area (Å²) in [6.45, 7) is 5.25. The molecule has 2 aliphatic rings. The molecule has 7 rings (SSSR count). The molecular formula is C37H35F3N6O5S. The zero-order chi connectivity index (χ0) is 36.5. The van der Waals surface area contributed by atoms with Crippen molar-refractivity contribution >= 4 is 45.4 Å². The average Bonchev–Trinajstić information content (AvgIpc) is 3.75. The number of nitrogens with zero attached hydrogens (tertiary/aromatic N) is 5. The number of aromatic nitrogens is 2. The number of ketones is 1. The third-order valence-electron chi connectivity index (χ3n) is 9.30. The molecule has 270 valence electrons. The van der Waals surface area contributed by atoms with Crippen LogP contribution in [0.1, 0.15) is 34.8 Å². The molecule has 15 heteroatoms. The van der Waals surface area contributed by atoms with Gasteiger partial charge in [-0.3, -0.25) is 19.0 Å². The number of piperazine rings is 1. The number of rotatable bonds is 10. The molecular weight excluding hydrogens is 698 g/mol. The first-order chi connectivity index (χ1) is 25.0. The molecule has 3 aromatic carbocycles. The van der Waals surface area contributed by atoms with Crippen molar-refractivity contribution in [3.63, 3.8) is 0 Å². The second-order valence-electron chi connectivity index (χ2n) is 12.8. The Balaban J connectivity index is 1.07. The Morgan fingerprint density at radius 1 is 1.02 bits per heavy atom. The molecule has 0 radical (unpaired) electrons. The molecule has 0 bridgehead atoms. The second kappa shape index (κ2) is 14.9. The van der Waals surface area contributed by atoms with Crippen molar-refractivity contribution in [3.05, 3.63) is 107 Å². The van der Waals surface area contributed by atoms with Gasteiger partial charge in [0.05, 0.1) is 12.1 Å². The standard InChI is InChI=1S/C37H35F3N6O5S/c1-23(47)51-29-4-2-3-24(17-29)21-43-13-15-44(16-14-43)28-7-5-25(6-8-28)26-18-30-31(20-42-37(30)41-19-26)36(48)34-32(39)9-10-33(35(34)40)46(52(49)50)45-12-11-27(38)22-45/h2-10,17-20,27H,11-16,21-22H2,1H3,(H,41,42)(H,49,50)/t27-/m1/s1. The van der Waals surface area contributed by atoms with Crippen LogP contribution in [0.15, 0.2) is 79.1 Å². The van der Waals surface area contributed by atoms with Gasteiger partial charge in [0.1, 0.15) is 29.1 Å². The Bertz CT molecular complexity index is 2160. The normalized spacial score (nSPS) is 17.4. The maximum Gasteiger partial charge on any atom is 0.308 e. The number of H-pyrrole nitrogens is 1.